The summed E-state index contributed by atoms with van der Waals surface area (Å²) >= 11 is 0. The number of fused-ring (bicyclic) bond motifs is 1. The first-order valence-corrected chi connectivity index (χ1v) is 12.2. The average Bonchev–Trinajstić information content (AvgIpc) is 3.10. The summed E-state index contributed by atoms with van der Waals surface area (Å²) in [5.74, 6) is 1.61. The number of hydrogen-bond donors (Lipinski definition) is 1. The molecule has 4 rings (SSSR count). The molecule has 1 aliphatic heterocycles. The Hall–Kier alpha value is -3.78. The van der Waals surface area contributed by atoms with Crippen LogP contribution in [0.2, 0.25) is 0 Å². The van der Waals surface area contributed by atoms with Crippen LogP contribution in [0.15, 0.2) is 59.4 Å². The highest BCUT2D eigenvalue weighted by molar-refractivity contribution is 5.98. The molecule has 36 heavy (non-hydrogen) atoms. The largest absolute Gasteiger partial charge is 0.497 e. The van der Waals surface area contributed by atoms with Crippen molar-refractivity contribution in [1.29, 1.82) is 0 Å². The third-order valence-corrected chi connectivity index (χ3v) is 6.34. The summed E-state index contributed by atoms with van der Waals surface area (Å²) in [6.45, 7) is 5.56. The molecule has 1 amide bonds. The standard InChI is InChI=1S/C28H33N3O5/c1-4-36-23-10-6-8-21(16-23)19-30-12-11-24-27(25(35-3)17-26(32)31(24)14-13-30)28(33)29-18-20-7-5-9-22(15-20)34-2/h5-10,15-17H,4,11-14,18-19H2,1-3H3,(H,29,33). The number of hydrogen-bond acceptors (Lipinski definition) is 6. The van der Waals surface area contributed by atoms with E-state index in [0.717, 1.165) is 29.2 Å². The van der Waals surface area contributed by atoms with Crippen LogP contribution in [0.1, 0.15) is 34.1 Å². The summed E-state index contributed by atoms with van der Waals surface area (Å²) in [6, 6.07) is 17.0. The zero-order chi connectivity index (χ0) is 25.5. The molecule has 190 valence electrons. The van der Waals surface area contributed by atoms with Gasteiger partial charge in [0.2, 0.25) is 0 Å². The molecule has 0 bridgehead atoms. The van der Waals surface area contributed by atoms with Gasteiger partial charge in [-0.3, -0.25) is 14.5 Å². The first kappa shape index (κ1) is 25.3. The van der Waals surface area contributed by atoms with Crippen LogP contribution in [0, 0.1) is 0 Å². The minimum Gasteiger partial charge on any atom is -0.497 e. The number of rotatable bonds is 9. The average molecular weight is 492 g/mol. The van der Waals surface area contributed by atoms with Crippen LogP contribution in [-0.4, -0.2) is 49.3 Å². The Labute approximate surface area is 211 Å². The molecule has 0 spiro atoms. The first-order valence-electron chi connectivity index (χ1n) is 12.2. The Bertz CT molecular complexity index is 1270. The summed E-state index contributed by atoms with van der Waals surface area (Å²) in [7, 11) is 3.09. The minimum atomic E-state index is -0.267. The number of nitrogens with one attached hydrogen (secondary N) is 1. The van der Waals surface area contributed by atoms with E-state index in [2.05, 4.69) is 16.3 Å². The topological polar surface area (TPSA) is 82.0 Å². The number of methoxy groups -OCH3 is 2. The van der Waals surface area contributed by atoms with Crippen molar-refractivity contribution in [2.75, 3.05) is 33.9 Å². The van der Waals surface area contributed by atoms with Gasteiger partial charge < -0.3 is 24.1 Å². The Morgan fingerprint density at radius 3 is 2.44 bits per heavy atom. The zero-order valence-electron chi connectivity index (χ0n) is 21.1. The molecule has 0 saturated carbocycles. The normalized spacial score (nSPS) is 13.4. The van der Waals surface area contributed by atoms with Crippen LogP contribution < -0.4 is 25.1 Å². The Kier molecular flexibility index (Phi) is 8.28. The van der Waals surface area contributed by atoms with Gasteiger partial charge in [0.25, 0.3) is 11.5 Å². The third kappa shape index (κ3) is 5.88. The van der Waals surface area contributed by atoms with E-state index in [1.54, 1.807) is 11.7 Å². The number of amides is 1. The predicted molar refractivity (Wildman–Crippen MR) is 138 cm³/mol. The molecule has 0 radical (unpaired) electrons. The van der Waals surface area contributed by atoms with Crippen LogP contribution >= 0.6 is 0 Å². The van der Waals surface area contributed by atoms with Crippen LogP contribution in [0.25, 0.3) is 0 Å². The van der Waals surface area contributed by atoms with Crippen molar-refractivity contribution in [2.45, 2.75) is 33.0 Å². The highest BCUT2D eigenvalue weighted by atomic mass is 16.5. The predicted octanol–water partition coefficient (Wildman–Crippen LogP) is 3.25. The number of carbonyl (C=O) groups excluding carboxylic acids is 1. The SMILES string of the molecule is CCOc1cccc(CN2CCc3c(C(=O)NCc4cccc(OC)c4)c(OC)cc(=O)n3CC2)c1. The summed E-state index contributed by atoms with van der Waals surface area (Å²) in [6.07, 6.45) is 0.555. The fraction of sp³-hybridized carbons (Fsp3) is 0.357. The lowest BCUT2D eigenvalue weighted by atomic mass is 10.1. The number of ether oxygens (including phenoxy) is 3. The maximum atomic E-state index is 13.4. The molecule has 0 fully saturated rings. The summed E-state index contributed by atoms with van der Waals surface area (Å²) in [5, 5.41) is 2.98. The van der Waals surface area contributed by atoms with Crippen LogP contribution in [0.5, 0.6) is 17.2 Å². The third-order valence-electron chi connectivity index (χ3n) is 6.34. The molecule has 0 atom stereocenters. The summed E-state index contributed by atoms with van der Waals surface area (Å²) in [4.78, 5) is 28.6. The van der Waals surface area contributed by atoms with E-state index in [0.29, 0.717) is 56.2 Å². The summed E-state index contributed by atoms with van der Waals surface area (Å²) < 4.78 is 18.1. The van der Waals surface area contributed by atoms with Crippen molar-refractivity contribution in [1.82, 2.24) is 14.8 Å². The van der Waals surface area contributed by atoms with Crippen molar-refractivity contribution in [3.63, 3.8) is 0 Å². The Balaban J connectivity index is 1.54. The molecule has 0 saturated heterocycles. The van der Waals surface area contributed by atoms with Gasteiger partial charge in [-0.25, -0.2) is 0 Å². The quantitative estimate of drug-likeness (QED) is 0.495. The molecular formula is C28H33N3O5. The molecule has 1 aliphatic rings. The molecule has 2 heterocycles. The molecule has 8 nitrogen and oxygen atoms in total. The van der Waals surface area contributed by atoms with E-state index in [-0.39, 0.29) is 11.5 Å². The van der Waals surface area contributed by atoms with E-state index in [9.17, 15) is 9.59 Å². The van der Waals surface area contributed by atoms with Gasteiger partial charge in [-0.15, -0.1) is 0 Å². The van der Waals surface area contributed by atoms with Crippen molar-refractivity contribution in [2.24, 2.45) is 0 Å². The number of benzene rings is 2. The van der Waals surface area contributed by atoms with E-state index in [4.69, 9.17) is 14.2 Å². The van der Waals surface area contributed by atoms with E-state index >= 15 is 0 Å². The maximum Gasteiger partial charge on any atom is 0.257 e. The second kappa shape index (κ2) is 11.8. The number of carbonyl (C=O) groups is 1. The van der Waals surface area contributed by atoms with Crippen LogP contribution in [0.3, 0.4) is 0 Å². The maximum absolute atomic E-state index is 13.4. The van der Waals surface area contributed by atoms with Gasteiger partial charge in [0.1, 0.15) is 22.8 Å². The lowest BCUT2D eigenvalue weighted by molar-refractivity contribution is 0.0945. The second-order valence-electron chi connectivity index (χ2n) is 8.67. The molecule has 3 aromatic rings. The number of nitrogens with zero attached hydrogens (tertiary/aromatic N) is 2. The molecule has 8 heteroatoms. The smallest absolute Gasteiger partial charge is 0.257 e. The van der Waals surface area contributed by atoms with E-state index in [1.165, 1.54) is 13.2 Å². The van der Waals surface area contributed by atoms with Crippen molar-refractivity contribution in [3.05, 3.63) is 87.3 Å². The van der Waals surface area contributed by atoms with Gasteiger partial charge >= 0.3 is 0 Å². The lowest BCUT2D eigenvalue weighted by Gasteiger charge is -2.19. The zero-order valence-corrected chi connectivity index (χ0v) is 21.1. The number of pyridine rings is 1. The van der Waals surface area contributed by atoms with Crippen molar-refractivity contribution in [3.8, 4) is 17.2 Å². The highest BCUT2D eigenvalue weighted by Crippen LogP contribution is 2.24. The Morgan fingerprint density at radius 2 is 1.69 bits per heavy atom. The van der Waals surface area contributed by atoms with E-state index < -0.39 is 0 Å². The fourth-order valence-electron chi connectivity index (χ4n) is 4.57. The summed E-state index contributed by atoms with van der Waals surface area (Å²) in [5.41, 5.74) is 3.02. The molecule has 0 aliphatic carbocycles. The van der Waals surface area contributed by atoms with Crippen molar-refractivity contribution < 1.29 is 19.0 Å². The van der Waals surface area contributed by atoms with Crippen LogP contribution in [-0.2, 0) is 26.1 Å². The lowest BCUT2D eigenvalue weighted by Crippen LogP contribution is -2.31. The van der Waals surface area contributed by atoms with Gasteiger partial charge in [0.05, 0.1) is 20.8 Å². The van der Waals surface area contributed by atoms with E-state index in [1.807, 2.05) is 49.4 Å². The fourth-order valence-corrected chi connectivity index (χ4v) is 4.57. The molecule has 1 aromatic heterocycles. The monoisotopic (exact) mass is 491 g/mol. The molecule has 0 unspecified atom stereocenters. The van der Waals surface area contributed by atoms with Gasteiger partial charge in [0, 0.05) is 50.9 Å². The molecule has 2 aromatic carbocycles. The van der Waals surface area contributed by atoms with Gasteiger partial charge in [-0.05, 0) is 42.3 Å². The highest BCUT2D eigenvalue weighted by Gasteiger charge is 2.25. The first-order chi connectivity index (χ1) is 17.5. The Morgan fingerprint density at radius 1 is 0.944 bits per heavy atom. The van der Waals surface area contributed by atoms with Crippen LogP contribution in [0.4, 0.5) is 0 Å². The van der Waals surface area contributed by atoms with Gasteiger partial charge in [-0.1, -0.05) is 24.3 Å². The molecular weight excluding hydrogens is 458 g/mol. The molecule has 1 N–H and O–H groups in total. The second-order valence-corrected chi connectivity index (χ2v) is 8.67. The van der Waals surface area contributed by atoms with Crippen molar-refractivity contribution >= 4 is 5.91 Å². The van der Waals surface area contributed by atoms with Gasteiger partial charge in [0.15, 0.2) is 0 Å². The minimum absolute atomic E-state index is 0.161. The van der Waals surface area contributed by atoms with Gasteiger partial charge in [-0.2, -0.15) is 0 Å². The number of aromatic nitrogens is 1.